The minimum atomic E-state index is -0.228. The second-order valence-electron chi connectivity index (χ2n) is 9.29. The number of amides is 1. The lowest BCUT2D eigenvalue weighted by Gasteiger charge is -2.28. The second kappa shape index (κ2) is 6.93. The first-order valence-corrected chi connectivity index (χ1v) is 9.42. The minimum Gasteiger partial charge on any atom is -0.507 e. The molecule has 3 rings (SSSR count). The van der Waals surface area contributed by atoms with E-state index in [0.29, 0.717) is 17.0 Å². The van der Waals surface area contributed by atoms with Gasteiger partial charge in [0.2, 0.25) is 5.91 Å². The van der Waals surface area contributed by atoms with E-state index in [9.17, 15) is 9.90 Å². The van der Waals surface area contributed by atoms with Crippen LogP contribution in [-0.2, 0) is 22.0 Å². The fraction of sp³-hybridized carbons (Fsp3) is 0.409. The lowest BCUT2D eigenvalue weighted by atomic mass is 9.78. The minimum absolute atomic E-state index is 0.117. The summed E-state index contributed by atoms with van der Waals surface area (Å²) < 4.78 is 0. The zero-order valence-electron chi connectivity index (χ0n) is 17.3. The van der Waals surface area contributed by atoms with Crippen molar-refractivity contribution in [2.45, 2.75) is 58.8 Å². The van der Waals surface area contributed by atoms with E-state index in [4.69, 9.17) is 0 Å². The van der Waals surface area contributed by atoms with Crippen molar-refractivity contribution in [3.05, 3.63) is 47.0 Å². The molecule has 0 radical (unpaired) electrons. The van der Waals surface area contributed by atoms with Crippen molar-refractivity contribution in [2.24, 2.45) is 0 Å². The number of H-pyrrole nitrogens is 1. The molecular formula is C22H28N4O2. The molecular weight excluding hydrogens is 352 g/mol. The van der Waals surface area contributed by atoms with Crippen LogP contribution < -0.4 is 5.32 Å². The standard InChI is InChI=1S/C22H28N4O2/c1-21(2,3)15-9-13(10-16(20(15)28)22(4,5)6)11-19(27)23-14-7-8-17-18(12-14)25-26-24-17/h7-10,12,28H,11H2,1-6H3,(H,23,27)(H,24,25,26). The van der Waals surface area contributed by atoms with Crippen LogP contribution in [0.3, 0.4) is 0 Å². The van der Waals surface area contributed by atoms with Gasteiger partial charge in [-0.15, -0.1) is 0 Å². The van der Waals surface area contributed by atoms with Crippen LogP contribution in [0, 0.1) is 0 Å². The van der Waals surface area contributed by atoms with E-state index >= 15 is 0 Å². The largest absolute Gasteiger partial charge is 0.507 e. The Morgan fingerprint density at radius 3 is 2.11 bits per heavy atom. The molecule has 28 heavy (non-hydrogen) atoms. The molecule has 0 aliphatic carbocycles. The zero-order valence-corrected chi connectivity index (χ0v) is 17.3. The highest BCUT2D eigenvalue weighted by Crippen LogP contribution is 2.39. The van der Waals surface area contributed by atoms with Gasteiger partial charge >= 0.3 is 0 Å². The number of hydrogen-bond donors (Lipinski definition) is 3. The predicted octanol–water partition coefficient (Wildman–Crippen LogP) is 4.44. The van der Waals surface area contributed by atoms with E-state index in [1.165, 1.54) is 0 Å². The molecule has 1 heterocycles. The number of aromatic nitrogens is 3. The maximum Gasteiger partial charge on any atom is 0.228 e. The Morgan fingerprint density at radius 2 is 1.54 bits per heavy atom. The van der Waals surface area contributed by atoms with E-state index in [0.717, 1.165) is 22.2 Å². The second-order valence-corrected chi connectivity index (χ2v) is 9.29. The summed E-state index contributed by atoms with van der Waals surface area (Å²) in [6, 6.07) is 9.27. The SMILES string of the molecule is CC(C)(C)c1cc(CC(=O)Nc2ccc3n[nH]nc3c2)cc(C(C)(C)C)c1O. The monoisotopic (exact) mass is 380 g/mol. The molecule has 6 heteroatoms. The number of rotatable bonds is 3. The number of phenols is 1. The molecule has 0 bridgehead atoms. The molecule has 0 atom stereocenters. The van der Waals surface area contributed by atoms with Crippen molar-refractivity contribution in [2.75, 3.05) is 5.32 Å². The Hall–Kier alpha value is -2.89. The topological polar surface area (TPSA) is 90.9 Å². The van der Waals surface area contributed by atoms with Gasteiger partial charge in [0.1, 0.15) is 16.8 Å². The number of carbonyl (C=O) groups is 1. The van der Waals surface area contributed by atoms with Crippen molar-refractivity contribution < 1.29 is 9.90 Å². The molecule has 148 valence electrons. The third-order valence-electron chi connectivity index (χ3n) is 4.75. The average molecular weight is 380 g/mol. The number of benzene rings is 2. The molecule has 0 unspecified atom stereocenters. The van der Waals surface area contributed by atoms with Gasteiger partial charge in [-0.05, 0) is 45.7 Å². The van der Waals surface area contributed by atoms with Crippen LogP contribution in [0.1, 0.15) is 58.2 Å². The fourth-order valence-corrected chi connectivity index (χ4v) is 3.25. The van der Waals surface area contributed by atoms with Crippen LogP contribution in [0.15, 0.2) is 30.3 Å². The fourth-order valence-electron chi connectivity index (χ4n) is 3.25. The average Bonchev–Trinajstić information content (AvgIpc) is 3.01. The van der Waals surface area contributed by atoms with E-state index in [1.54, 1.807) is 12.1 Å². The van der Waals surface area contributed by atoms with E-state index in [-0.39, 0.29) is 23.2 Å². The van der Waals surface area contributed by atoms with Gasteiger partial charge in [0.05, 0.1) is 6.42 Å². The number of nitrogens with one attached hydrogen (secondary N) is 2. The quantitative estimate of drug-likeness (QED) is 0.626. The lowest BCUT2D eigenvalue weighted by Crippen LogP contribution is -2.20. The molecule has 3 aromatic rings. The van der Waals surface area contributed by atoms with Gasteiger partial charge in [0.15, 0.2) is 0 Å². The first-order chi connectivity index (χ1) is 12.9. The first kappa shape index (κ1) is 19.9. The third-order valence-corrected chi connectivity index (χ3v) is 4.75. The smallest absolute Gasteiger partial charge is 0.228 e. The summed E-state index contributed by atoms with van der Waals surface area (Å²) in [5.41, 5.74) is 4.26. The Bertz CT molecular complexity index is 988. The summed E-state index contributed by atoms with van der Waals surface area (Å²) in [7, 11) is 0. The van der Waals surface area contributed by atoms with Gasteiger partial charge in [-0.1, -0.05) is 53.7 Å². The van der Waals surface area contributed by atoms with Crippen LogP contribution in [0.5, 0.6) is 5.75 Å². The number of fused-ring (bicyclic) bond motifs is 1. The molecule has 6 nitrogen and oxygen atoms in total. The Balaban J connectivity index is 1.88. The Kier molecular flexibility index (Phi) is 4.91. The molecule has 0 fully saturated rings. The first-order valence-electron chi connectivity index (χ1n) is 9.42. The highest BCUT2D eigenvalue weighted by Gasteiger charge is 2.26. The third kappa shape index (κ3) is 4.16. The van der Waals surface area contributed by atoms with Gasteiger partial charge in [-0.3, -0.25) is 4.79 Å². The number of anilines is 1. The molecule has 2 aromatic carbocycles. The number of phenolic OH excluding ortho intramolecular Hbond substituents is 1. The molecule has 0 saturated heterocycles. The number of nitrogens with zero attached hydrogens (tertiary/aromatic N) is 2. The highest BCUT2D eigenvalue weighted by atomic mass is 16.3. The number of aromatic amines is 1. The summed E-state index contributed by atoms with van der Waals surface area (Å²) in [5, 5.41) is 24.4. The molecule has 3 N–H and O–H groups in total. The molecule has 0 aliphatic heterocycles. The Labute approximate surface area is 165 Å². The van der Waals surface area contributed by atoms with Crippen LogP contribution in [0.2, 0.25) is 0 Å². The normalized spacial score (nSPS) is 12.4. The number of hydrogen-bond acceptors (Lipinski definition) is 4. The van der Waals surface area contributed by atoms with Crippen molar-refractivity contribution >= 4 is 22.6 Å². The summed E-state index contributed by atoms with van der Waals surface area (Å²) in [6.45, 7) is 12.4. The molecule has 0 saturated carbocycles. The number of aromatic hydroxyl groups is 1. The van der Waals surface area contributed by atoms with E-state index in [1.807, 2.05) is 18.2 Å². The molecule has 1 amide bonds. The van der Waals surface area contributed by atoms with Gasteiger partial charge in [-0.25, -0.2) is 0 Å². The van der Waals surface area contributed by atoms with Crippen LogP contribution >= 0.6 is 0 Å². The van der Waals surface area contributed by atoms with Crippen molar-refractivity contribution in [3.8, 4) is 5.75 Å². The molecule has 0 aliphatic rings. The summed E-state index contributed by atoms with van der Waals surface area (Å²) in [4.78, 5) is 12.6. The summed E-state index contributed by atoms with van der Waals surface area (Å²) in [6.07, 6.45) is 0.225. The summed E-state index contributed by atoms with van der Waals surface area (Å²) >= 11 is 0. The molecule has 1 aromatic heterocycles. The van der Waals surface area contributed by atoms with Gasteiger partial charge in [-0.2, -0.15) is 15.4 Å². The van der Waals surface area contributed by atoms with Crippen molar-refractivity contribution in [3.63, 3.8) is 0 Å². The summed E-state index contributed by atoms with van der Waals surface area (Å²) in [5.74, 6) is 0.203. The van der Waals surface area contributed by atoms with E-state index in [2.05, 4.69) is 62.3 Å². The predicted molar refractivity (Wildman–Crippen MR) is 112 cm³/mol. The maximum atomic E-state index is 12.6. The van der Waals surface area contributed by atoms with Gasteiger partial charge in [0, 0.05) is 5.69 Å². The van der Waals surface area contributed by atoms with Gasteiger partial charge in [0.25, 0.3) is 0 Å². The van der Waals surface area contributed by atoms with Crippen LogP contribution in [-0.4, -0.2) is 26.4 Å². The van der Waals surface area contributed by atoms with Crippen LogP contribution in [0.4, 0.5) is 5.69 Å². The number of carbonyl (C=O) groups excluding carboxylic acids is 1. The van der Waals surface area contributed by atoms with Crippen molar-refractivity contribution in [1.82, 2.24) is 15.4 Å². The van der Waals surface area contributed by atoms with Crippen molar-refractivity contribution in [1.29, 1.82) is 0 Å². The molecule has 0 spiro atoms. The highest BCUT2D eigenvalue weighted by molar-refractivity contribution is 5.94. The van der Waals surface area contributed by atoms with Gasteiger partial charge < -0.3 is 10.4 Å². The lowest BCUT2D eigenvalue weighted by molar-refractivity contribution is -0.115. The van der Waals surface area contributed by atoms with E-state index < -0.39 is 0 Å². The van der Waals surface area contributed by atoms with Crippen LogP contribution in [0.25, 0.3) is 11.0 Å². The Morgan fingerprint density at radius 1 is 0.964 bits per heavy atom. The zero-order chi connectivity index (χ0) is 20.7. The maximum absolute atomic E-state index is 12.6.